The summed E-state index contributed by atoms with van der Waals surface area (Å²) in [5.41, 5.74) is 3.45. The van der Waals surface area contributed by atoms with Gasteiger partial charge >= 0.3 is 0 Å². The summed E-state index contributed by atoms with van der Waals surface area (Å²) >= 11 is 0. The van der Waals surface area contributed by atoms with E-state index >= 15 is 0 Å². The predicted octanol–water partition coefficient (Wildman–Crippen LogP) is 3.29. The lowest BCUT2D eigenvalue weighted by molar-refractivity contribution is 0.0950. The Kier molecular flexibility index (Phi) is 4.51. The average molecular weight is 351 g/mol. The molecule has 2 aromatic heterocycles. The van der Waals surface area contributed by atoms with Gasteiger partial charge in [-0.05, 0) is 37.5 Å². The van der Waals surface area contributed by atoms with Crippen LogP contribution in [0.1, 0.15) is 53.3 Å². The van der Waals surface area contributed by atoms with Crippen LogP contribution in [-0.4, -0.2) is 25.9 Å². The first-order valence-corrected chi connectivity index (χ1v) is 8.90. The maximum absolute atomic E-state index is 12.5. The molecule has 7 nitrogen and oxygen atoms in total. The summed E-state index contributed by atoms with van der Waals surface area (Å²) < 4.78 is 7.19. The van der Waals surface area contributed by atoms with Crippen molar-refractivity contribution < 1.29 is 9.21 Å². The third kappa shape index (κ3) is 3.24. The van der Waals surface area contributed by atoms with Crippen LogP contribution in [-0.2, 0) is 6.54 Å². The molecular formula is C19H21N5O2. The minimum Gasteiger partial charge on any atom is -0.423 e. The first kappa shape index (κ1) is 16.5. The van der Waals surface area contributed by atoms with E-state index in [-0.39, 0.29) is 5.91 Å². The lowest BCUT2D eigenvalue weighted by Gasteiger charge is -2.12. The first-order valence-electron chi connectivity index (χ1n) is 8.90. The zero-order chi connectivity index (χ0) is 17.9. The fraction of sp³-hybridized carbons (Fsp3) is 0.368. The number of nitrogens with zero attached hydrogens (tertiary/aromatic N) is 4. The van der Waals surface area contributed by atoms with Crippen LogP contribution >= 0.6 is 0 Å². The van der Waals surface area contributed by atoms with E-state index in [2.05, 4.69) is 20.6 Å². The maximum atomic E-state index is 12.5. The summed E-state index contributed by atoms with van der Waals surface area (Å²) in [6.45, 7) is 2.43. The van der Waals surface area contributed by atoms with Crippen LogP contribution in [0.4, 0.5) is 0 Å². The number of benzene rings is 1. The van der Waals surface area contributed by atoms with E-state index in [0.29, 0.717) is 24.0 Å². The topological polar surface area (TPSA) is 85.8 Å². The van der Waals surface area contributed by atoms with Crippen LogP contribution in [0.15, 0.2) is 41.3 Å². The maximum Gasteiger partial charge on any atom is 0.255 e. The lowest BCUT2D eigenvalue weighted by Crippen LogP contribution is -2.23. The first-order chi connectivity index (χ1) is 12.7. The Hall–Kier alpha value is -2.96. The molecule has 2 heterocycles. The number of amides is 1. The molecule has 1 aliphatic rings. The standard InChI is InChI=1S/C19H21N5O2/c1-13-17(11-22-24(13)16-4-2-3-5-16)18(25)20-10-14-6-8-15(9-7-14)19-23-21-12-26-19/h6-9,11-12,16H,2-5,10H2,1H3,(H,20,25). The average Bonchev–Trinajstić information content (AvgIpc) is 3.41. The van der Waals surface area contributed by atoms with Crippen LogP contribution in [0.2, 0.25) is 0 Å². The van der Waals surface area contributed by atoms with E-state index in [0.717, 1.165) is 29.7 Å². The second-order valence-corrected chi connectivity index (χ2v) is 6.65. The minimum absolute atomic E-state index is 0.0901. The lowest BCUT2D eigenvalue weighted by atomic mass is 10.1. The molecule has 0 spiro atoms. The molecule has 0 radical (unpaired) electrons. The molecule has 7 heteroatoms. The molecule has 0 bridgehead atoms. The number of aromatic nitrogens is 4. The van der Waals surface area contributed by atoms with Gasteiger partial charge in [0.2, 0.25) is 12.3 Å². The summed E-state index contributed by atoms with van der Waals surface area (Å²) in [7, 11) is 0. The van der Waals surface area contributed by atoms with E-state index in [1.807, 2.05) is 35.9 Å². The van der Waals surface area contributed by atoms with Crippen molar-refractivity contribution in [3.63, 3.8) is 0 Å². The normalized spacial score (nSPS) is 14.7. The summed E-state index contributed by atoms with van der Waals surface area (Å²) in [5.74, 6) is 0.392. The van der Waals surface area contributed by atoms with Crippen LogP contribution in [0, 0.1) is 6.92 Å². The van der Waals surface area contributed by atoms with E-state index in [1.165, 1.54) is 19.2 Å². The van der Waals surface area contributed by atoms with Crippen LogP contribution in [0.3, 0.4) is 0 Å². The summed E-state index contributed by atoms with van der Waals surface area (Å²) in [4.78, 5) is 12.5. The van der Waals surface area contributed by atoms with Gasteiger partial charge < -0.3 is 9.73 Å². The zero-order valence-corrected chi connectivity index (χ0v) is 14.7. The number of hydrogen-bond acceptors (Lipinski definition) is 5. The number of carbonyl (C=O) groups excluding carboxylic acids is 1. The van der Waals surface area contributed by atoms with Crippen molar-refractivity contribution in [1.29, 1.82) is 0 Å². The monoisotopic (exact) mass is 351 g/mol. The van der Waals surface area contributed by atoms with Gasteiger partial charge in [-0.25, -0.2) is 0 Å². The minimum atomic E-state index is -0.0901. The summed E-state index contributed by atoms with van der Waals surface area (Å²) in [6.07, 6.45) is 7.77. The molecule has 26 heavy (non-hydrogen) atoms. The molecule has 1 aliphatic carbocycles. The smallest absolute Gasteiger partial charge is 0.255 e. The van der Waals surface area contributed by atoms with Crippen LogP contribution < -0.4 is 5.32 Å². The summed E-state index contributed by atoms with van der Waals surface area (Å²) in [6, 6.07) is 8.12. The highest BCUT2D eigenvalue weighted by atomic mass is 16.4. The highest BCUT2D eigenvalue weighted by Gasteiger charge is 2.22. The van der Waals surface area contributed by atoms with Crippen LogP contribution in [0.5, 0.6) is 0 Å². The van der Waals surface area contributed by atoms with Crippen molar-refractivity contribution in [1.82, 2.24) is 25.3 Å². The fourth-order valence-corrected chi connectivity index (χ4v) is 3.50. The quantitative estimate of drug-likeness (QED) is 0.762. The van der Waals surface area contributed by atoms with Crippen molar-refractivity contribution in [3.8, 4) is 11.5 Å². The second-order valence-electron chi connectivity index (χ2n) is 6.65. The van der Waals surface area contributed by atoms with Gasteiger partial charge in [0.15, 0.2) is 0 Å². The highest BCUT2D eigenvalue weighted by Crippen LogP contribution is 2.30. The molecule has 3 aromatic rings. The molecule has 0 aliphatic heterocycles. The van der Waals surface area contributed by atoms with Gasteiger partial charge in [-0.15, -0.1) is 10.2 Å². The largest absolute Gasteiger partial charge is 0.423 e. The third-order valence-electron chi connectivity index (χ3n) is 4.97. The van der Waals surface area contributed by atoms with Gasteiger partial charge in [-0.1, -0.05) is 25.0 Å². The predicted molar refractivity (Wildman–Crippen MR) is 95.4 cm³/mol. The molecule has 4 rings (SSSR count). The highest BCUT2D eigenvalue weighted by molar-refractivity contribution is 5.95. The van der Waals surface area contributed by atoms with E-state index in [9.17, 15) is 4.79 Å². The Morgan fingerprint density at radius 2 is 2.04 bits per heavy atom. The van der Waals surface area contributed by atoms with Crippen LogP contribution in [0.25, 0.3) is 11.5 Å². The van der Waals surface area contributed by atoms with Crippen molar-refractivity contribution in [2.45, 2.75) is 45.2 Å². The van der Waals surface area contributed by atoms with E-state index < -0.39 is 0 Å². The van der Waals surface area contributed by atoms with Crippen molar-refractivity contribution in [2.75, 3.05) is 0 Å². The van der Waals surface area contributed by atoms with Gasteiger partial charge in [0.1, 0.15) is 0 Å². The molecule has 134 valence electrons. The number of hydrogen-bond donors (Lipinski definition) is 1. The Balaban J connectivity index is 1.39. The number of carbonyl (C=O) groups is 1. The fourth-order valence-electron chi connectivity index (χ4n) is 3.50. The SMILES string of the molecule is Cc1c(C(=O)NCc2ccc(-c3nnco3)cc2)cnn1C1CCCC1. The molecule has 0 unspecified atom stereocenters. The molecule has 1 amide bonds. The Morgan fingerprint density at radius 1 is 1.27 bits per heavy atom. The van der Waals surface area contributed by atoms with Gasteiger partial charge in [-0.3, -0.25) is 9.48 Å². The Labute approximate surface area is 151 Å². The van der Waals surface area contributed by atoms with Gasteiger partial charge in [0, 0.05) is 17.8 Å². The molecule has 1 N–H and O–H groups in total. The molecule has 1 fully saturated rings. The van der Waals surface area contributed by atoms with E-state index in [1.54, 1.807) is 6.20 Å². The molecule has 0 atom stereocenters. The van der Waals surface area contributed by atoms with Crippen molar-refractivity contribution in [3.05, 3.63) is 53.7 Å². The number of rotatable bonds is 5. The number of nitrogens with one attached hydrogen (secondary N) is 1. The molecule has 0 saturated heterocycles. The molecule has 1 aromatic carbocycles. The summed E-state index contributed by atoms with van der Waals surface area (Å²) in [5, 5.41) is 15.0. The second kappa shape index (κ2) is 7.11. The Bertz CT molecular complexity index is 877. The van der Waals surface area contributed by atoms with E-state index in [4.69, 9.17) is 4.42 Å². The third-order valence-corrected chi connectivity index (χ3v) is 4.97. The van der Waals surface area contributed by atoms with Crippen molar-refractivity contribution in [2.24, 2.45) is 0 Å². The Morgan fingerprint density at radius 3 is 2.73 bits per heavy atom. The van der Waals surface area contributed by atoms with Gasteiger partial charge in [0.25, 0.3) is 5.91 Å². The molecular weight excluding hydrogens is 330 g/mol. The zero-order valence-electron chi connectivity index (χ0n) is 14.7. The van der Waals surface area contributed by atoms with Gasteiger partial charge in [0.05, 0.1) is 17.8 Å². The molecule has 1 saturated carbocycles. The van der Waals surface area contributed by atoms with Crippen molar-refractivity contribution >= 4 is 5.91 Å². The van der Waals surface area contributed by atoms with Gasteiger partial charge in [-0.2, -0.15) is 5.10 Å².